The second-order valence-corrected chi connectivity index (χ2v) is 4.82. The first-order valence-electron chi connectivity index (χ1n) is 5.67. The number of hydrogen-bond donors (Lipinski definition) is 2. The summed E-state index contributed by atoms with van der Waals surface area (Å²) in [6.07, 6.45) is 0.600. The summed E-state index contributed by atoms with van der Waals surface area (Å²) in [6, 6.07) is -1.13. The smallest absolute Gasteiger partial charge is 0.127 e. The molecule has 0 aromatic carbocycles. The van der Waals surface area contributed by atoms with Gasteiger partial charge in [-0.2, -0.15) is 0 Å². The second-order valence-electron chi connectivity index (χ2n) is 4.82. The Bertz CT molecular complexity index is 242. The quantitative estimate of drug-likeness (QED) is 0.519. The molecule has 102 valence electrons. The largest absolute Gasteiger partial charge is 0.544 e. The van der Waals surface area contributed by atoms with Crippen molar-refractivity contribution in [3.8, 4) is 0 Å². The Balaban J connectivity index is 0. The minimum atomic E-state index is -1.07. The Morgan fingerprint density at radius 1 is 1.00 bits per heavy atom. The molecule has 0 aliphatic carbocycles. The van der Waals surface area contributed by atoms with Crippen molar-refractivity contribution in [2.75, 3.05) is 0 Å². The number of aliphatic carboxylic acids is 2. The molecule has 0 fully saturated rings. The third-order valence-electron chi connectivity index (χ3n) is 2.20. The van der Waals surface area contributed by atoms with Crippen LogP contribution in [0, 0.1) is 11.8 Å². The minimum absolute atomic E-state index is 0.0694. The molecule has 0 aliphatic heterocycles. The van der Waals surface area contributed by atoms with Gasteiger partial charge in [-0.1, -0.05) is 27.7 Å². The van der Waals surface area contributed by atoms with Crippen molar-refractivity contribution in [2.45, 2.75) is 46.2 Å². The van der Waals surface area contributed by atoms with Gasteiger partial charge in [0.25, 0.3) is 0 Å². The van der Waals surface area contributed by atoms with Gasteiger partial charge in [0.2, 0.25) is 0 Å². The van der Waals surface area contributed by atoms with E-state index in [1.165, 1.54) is 0 Å². The van der Waals surface area contributed by atoms with Crippen molar-refractivity contribution in [3.63, 3.8) is 0 Å². The average molecular weight is 248 g/mol. The summed E-state index contributed by atoms with van der Waals surface area (Å²) in [6.45, 7) is 7.52. The number of rotatable bonds is 5. The summed E-state index contributed by atoms with van der Waals surface area (Å²) in [4.78, 5) is 20.0. The highest BCUT2D eigenvalue weighted by molar-refractivity contribution is 5.69. The van der Waals surface area contributed by atoms with Crippen LogP contribution in [-0.4, -0.2) is 24.0 Å². The van der Waals surface area contributed by atoms with E-state index >= 15 is 0 Å². The predicted molar refractivity (Wildman–Crippen MR) is 57.7 cm³/mol. The molecule has 0 aliphatic rings. The van der Waals surface area contributed by atoms with Crippen LogP contribution in [0.1, 0.15) is 34.1 Å². The molecule has 0 rings (SSSR count). The van der Waals surface area contributed by atoms with Crippen LogP contribution in [-0.2, 0) is 9.59 Å². The lowest BCUT2D eigenvalue weighted by molar-refractivity contribution is -0.446. The van der Waals surface area contributed by atoms with Gasteiger partial charge in [0.05, 0.1) is 11.9 Å². The lowest BCUT2D eigenvalue weighted by atomic mass is 10.1. The molecule has 0 bridgehead atoms. The first kappa shape index (κ1) is 18.2. The van der Waals surface area contributed by atoms with Crippen molar-refractivity contribution in [3.05, 3.63) is 0 Å². The molecule has 0 spiro atoms. The Hall–Kier alpha value is -1.14. The number of carbonyl (C=O) groups excluding carboxylic acids is 2. The summed E-state index contributed by atoms with van der Waals surface area (Å²) < 4.78 is 0. The van der Waals surface area contributed by atoms with Crippen LogP contribution in [0.15, 0.2) is 0 Å². The van der Waals surface area contributed by atoms with Crippen LogP contribution in [0.25, 0.3) is 0 Å². The van der Waals surface area contributed by atoms with Gasteiger partial charge in [0, 0.05) is 12.3 Å². The molecule has 0 radical (unpaired) electrons. The van der Waals surface area contributed by atoms with Crippen LogP contribution in [0.2, 0.25) is 0 Å². The van der Waals surface area contributed by atoms with Gasteiger partial charge in [-0.3, -0.25) is 0 Å². The SMILES string of the molecule is CC(C)C[C@H]([NH3+])C(=O)[O-].CC(C)[C@@H]([NH3+])C(=O)[O-]. The molecule has 0 unspecified atom stereocenters. The van der Waals surface area contributed by atoms with Crippen molar-refractivity contribution >= 4 is 11.9 Å². The van der Waals surface area contributed by atoms with Crippen LogP contribution in [0.3, 0.4) is 0 Å². The Kier molecular flexibility index (Phi) is 9.60. The molecule has 6 heteroatoms. The summed E-state index contributed by atoms with van der Waals surface area (Å²) in [5.41, 5.74) is 6.79. The third kappa shape index (κ3) is 11.1. The number of carboxylic acids is 2. The zero-order chi connectivity index (χ0) is 14.2. The van der Waals surface area contributed by atoms with Crippen LogP contribution >= 0.6 is 0 Å². The summed E-state index contributed by atoms with van der Waals surface area (Å²) in [5, 5.41) is 20.0. The van der Waals surface area contributed by atoms with Gasteiger partial charge in [0.15, 0.2) is 0 Å². The van der Waals surface area contributed by atoms with Gasteiger partial charge < -0.3 is 31.3 Å². The van der Waals surface area contributed by atoms with Gasteiger partial charge in [0.1, 0.15) is 12.1 Å². The highest BCUT2D eigenvalue weighted by Gasteiger charge is 2.10. The Labute approximate surface area is 102 Å². The molecule has 0 saturated heterocycles. The molecule has 0 amide bonds. The van der Waals surface area contributed by atoms with Gasteiger partial charge in [-0.05, 0) is 5.92 Å². The van der Waals surface area contributed by atoms with Gasteiger partial charge in [-0.25, -0.2) is 0 Å². The Morgan fingerprint density at radius 3 is 1.47 bits per heavy atom. The lowest BCUT2D eigenvalue weighted by Gasteiger charge is -2.11. The summed E-state index contributed by atoms with van der Waals surface area (Å²) >= 11 is 0. The van der Waals surface area contributed by atoms with Crippen molar-refractivity contribution < 1.29 is 31.3 Å². The monoisotopic (exact) mass is 248 g/mol. The number of carbonyl (C=O) groups is 2. The molecule has 6 N–H and O–H groups in total. The zero-order valence-corrected chi connectivity index (χ0v) is 11.1. The summed E-state index contributed by atoms with van der Waals surface area (Å²) in [7, 11) is 0. The predicted octanol–water partition coefficient (Wildman–Crippen LogP) is -3.60. The topological polar surface area (TPSA) is 136 Å². The van der Waals surface area contributed by atoms with Crippen LogP contribution < -0.4 is 21.7 Å². The van der Waals surface area contributed by atoms with E-state index in [4.69, 9.17) is 0 Å². The highest BCUT2D eigenvalue weighted by atomic mass is 16.4. The van der Waals surface area contributed by atoms with E-state index in [9.17, 15) is 19.8 Å². The maximum absolute atomic E-state index is 10.1. The molecule has 0 saturated carbocycles. The fraction of sp³-hybridized carbons (Fsp3) is 0.818. The first-order valence-corrected chi connectivity index (χ1v) is 5.67. The number of hydrogen-bond acceptors (Lipinski definition) is 4. The van der Waals surface area contributed by atoms with Gasteiger partial charge in [-0.15, -0.1) is 0 Å². The average Bonchev–Trinajstić information content (AvgIpc) is 2.15. The Morgan fingerprint density at radius 2 is 1.41 bits per heavy atom. The highest BCUT2D eigenvalue weighted by Crippen LogP contribution is 1.99. The fourth-order valence-corrected chi connectivity index (χ4v) is 0.937. The maximum Gasteiger partial charge on any atom is 0.127 e. The van der Waals surface area contributed by atoms with Gasteiger partial charge >= 0.3 is 0 Å². The molecule has 17 heavy (non-hydrogen) atoms. The molecular weight excluding hydrogens is 224 g/mol. The lowest BCUT2D eigenvalue weighted by Crippen LogP contribution is -2.70. The molecular formula is C11H24N2O4. The minimum Gasteiger partial charge on any atom is -0.544 e. The molecule has 0 heterocycles. The van der Waals surface area contributed by atoms with E-state index < -0.39 is 24.0 Å². The molecule has 0 aromatic heterocycles. The molecule has 2 atom stereocenters. The van der Waals surface area contributed by atoms with Crippen molar-refractivity contribution in [2.24, 2.45) is 11.8 Å². The second kappa shape index (κ2) is 8.95. The maximum atomic E-state index is 10.1. The molecule has 0 aromatic rings. The van der Waals surface area contributed by atoms with Crippen LogP contribution in [0.4, 0.5) is 0 Å². The molecule has 6 nitrogen and oxygen atoms in total. The van der Waals surface area contributed by atoms with E-state index in [-0.39, 0.29) is 5.92 Å². The fourth-order valence-electron chi connectivity index (χ4n) is 0.937. The zero-order valence-electron chi connectivity index (χ0n) is 11.1. The van der Waals surface area contributed by atoms with Crippen molar-refractivity contribution in [1.29, 1.82) is 0 Å². The standard InChI is InChI=1S/C6H13NO2.C5H11NO2/c1-4(2)3-5(7)6(8)9;1-3(2)4(6)5(7)8/h4-5H,3,7H2,1-2H3,(H,8,9);3-4H,6H2,1-2H3,(H,7,8)/t5-;4-/m01/s1. The van der Waals surface area contributed by atoms with Crippen LogP contribution in [0.5, 0.6) is 0 Å². The van der Waals surface area contributed by atoms with E-state index in [1.54, 1.807) is 13.8 Å². The summed E-state index contributed by atoms with van der Waals surface area (Å²) in [5.74, 6) is -1.67. The van der Waals surface area contributed by atoms with E-state index in [0.29, 0.717) is 12.3 Å². The third-order valence-corrected chi connectivity index (χ3v) is 2.20. The van der Waals surface area contributed by atoms with Crippen molar-refractivity contribution in [1.82, 2.24) is 0 Å². The number of quaternary nitrogens is 2. The van der Waals surface area contributed by atoms with E-state index in [1.807, 2.05) is 13.8 Å². The van der Waals surface area contributed by atoms with E-state index in [0.717, 1.165) is 0 Å². The number of carboxylic acid groups (broad SMARTS) is 2. The van der Waals surface area contributed by atoms with E-state index in [2.05, 4.69) is 11.5 Å². The normalized spacial score (nSPS) is 13.9. The first-order chi connectivity index (χ1) is 7.59.